The summed E-state index contributed by atoms with van der Waals surface area (Å²) in [4.78, 5) is 26.2. The summed E-state index contributed by atoms with van der Waals surface area (Å²) in [6.07, 6.45) is -2.56. The molecule has 35 heavy (non-hydrogen) atoms. The first-order valence-electron chi connectivity index (χ1n) is 10.5. The van der Waals surface area contributed by atoms with E-state index in [1.807, 2.05) is 35.0 Å². The van der Waals surface area contributed by atoms with Gasteiger partial charge >= 0.3 is 11.9 Å². The predicted octanol–water partition coefficient (Wildman–Crippen LogP) is 5.30. The molecule has 0 spiro atoms. The second-order valence-corrected chi connectivity index (χ2v) is 7.89. The van der Waals surface area contributed by atoms with Gasteiger partial charge in [0.05, 0.1) is 5.56 Å². The molecule has 0 fully saturated rings. The lowest BCUT2D eigenvalue weighted by atomic mass is 10.1. The Morgan fingerprint density at radius 3 is 2.54 bits per heavy atom. The first kappa shape index (κ1) is 22.2. The zero-order chi connectivity index (χ0) is 24.6. The number of carbonyl (C=O) groups is 1. The minimum absolute atomic E-state index is 0.0711. The number of hydrogen-bond donors (Lipinski definition) is 2. The van der Waals surface area contributed by atoms with Crippen molar-refractivity contribution in [3.05, 3.63) is 106 Å². The summed E-state index contributed by atoms with van der Waals surface area (Å²) >= 11 is 0. The van der Waals surface area contributed by atoms with E-state index < -0.39 is 23.4 Å². The van der Waals surface area contributed by atoms with Crippen LogP contribution in [0.3, 0.4) is 0 Å². The lowest BCUT2D eigenvalue weighted by Crippen LogP contribution is -2.13. The van der Waals surface area contributed by atoms with Gasteiger partial charge in [-0.15, -0.1) is 0 Å². The Bertz CT molecular complexity index is 1580. The zero-order valence-corrected chi connectivity index (χ0v) is 18.0. The van der Waals surface area contributed by atoms with Crippen molar-refractivity contribution in [2.24, 2.45) is 0 Å². The van der Waals surface area contributed by atoms with Gasteiger partial charge < -0.3 is 9.88 Å². The van der Waals surface area contributed by atoms with Crippen LogP contribution < -0.4 is 11.1 Å². The van der Waals surface area contributed by atoms with Crippen molar-refractivity contribution in [3.8, 4) is 11.4 Å². The third-order valence-corrected chi connectivity index (χ3v) is 5.50. The number of hydrogen-bond acceptors (Lipinski definition) is 4. The van der Waals surface area contributed by atoms with Gasteiger partial charge in [-0.25, -0.2) is 4.79 Å². The van der Waals surface area contributed by atoms with Gasteiger partial charge in [-0.3, -0.25) is 14.3 Å². The summed E-state index contributed by atoms with van der Waals surface area (Å²) in [5.74, 6) is -0.769. The van der Waals surface area contributed by atoms with Crippen LogP contribution in [0.1, 0.15) is 21.5 Å². The maximum Gasteiger partial charge on any atom is 0.439 e. The fraction of sp³-hybridized carbons (Fsp3) is 0.0800. The van der Waals surface area contributed by atoms with E-state index in [1.165, 1.54) is 12.1 Å². The monoisotopic (exact) mass is 478 g/mol. The van der Waals surface area contributed by atoms with Crippen molar-refractivity contribution in [1.29, 1.82) is 0 Å². The van der Waals surface area contributed by atoms with Crippen LogP contribution in [0.4, 0.5) is 18.9 Å². The Morgan fingerprint density at radius 1 is 1.03 bits per heavy atom. The molecule has 2 N–H and O–H groups in total. The Hall–Kier alpha value is -4.60. The molecule has 0 aliphatic heterocycles. The van der Waals surface area contributed by atoms with E-state index in [9.17, 15) is 22.8 Å². The molecule has 1 amide bonds. The predicted molar refractivity (Wildman–Crippen MR) is 123 cm³/mol. The molecule has 10 heteroatoms. The van der Waals surface area contributed by atoms with Crippen LogP contribution in [0.2, 0.25) is 0 Å². The smallest absolute Gasteiger partial charge is 0.343 e. The van der Waals surface area contributed by atoms with Crippen LogP contribution >= 0.6 is 0 Å². The minimum Gasteiger partial charge on any atom is -0.343 e. The van der Waals surface area contributed by atoms with Crippen molar-refractivity contribution in [2.75, 3.05) is 5.32 Å². The number of aromatic nitrogens is 3. The summed E-state index contributed by atoms with van der Waals surface area (Å²) in [5, 5.41) is 7.15. The van der Waals surface area contributed by atoms with Crippen LogP contribution in [0.25, 0.3) is 22.3 Å². The standard InChI is InChI=1S/C25H17F3N4O3/c26-25(27,28)19-2-1-3-20(13-19)29-23(33)16-6-4-15(5-7-16)14-32-11-10-17-12-18(8-9-21(17)32)22-30-24(34)35-31-22/h1-13H,14H2,(H,29,33)(H,30,31,34). The number of nitrogens with zero attached hydrogens (tertiary/aromatic N) is 2. The SMILES string of the molecule is O=C(Nc1cccc(C(F)(F)F)c1)c1ccc(Cn2ccc3cc(-c4noc(=O)[nH]4)ccc32)cc1. The average Bonchev–Trinajstić information content (AvgIpc) is 3.45. The Labute approximate surface area is 195 Å². The Kier molecular flexibility index (Phi) is 5.48. The molecule has 2 heterocycles. The Morgan fingerprint density at radius 2 is 1.83 bits per heavy atom. The quantitative estimate of drug-likeness (QED) is 0.358. The van der Waals surface area contributed by atoms with E-state index in [-0.39, 0.29) is 5.69 Å². The highest BCUT2D eigenvalue weighted by molar-refractivity contribution is 6.04. The summed E-state index contributed by atoms with van der Waals surface area (Å²) < 4.78 is 45.3. The number of alkyl halides is 3. The highest BCUT2D eigenvalue weighted by Gasteiger charge is 2.30. The fourth-order valence-electron chi connectivity index (χ4n) is 3.77. The second kappa shape index (κ2) is 8.64. The summed E-state index contributed by atoms with van der Waals surface area (Å²) in [6.45, 7) is 0.541. The van der Waals surface area contributed by atoms with E-state index in [1.54, 1.807) is 24.3 Å². The molecule has 7 nitrogen and oxygen atoms in total. The minimum atomic E-state index is -4.48. The van der Waals surface area contributed by atoms with Crippen LogP contribution in [0.15, 0.2) is 88.3 Å². The highest BCUT2D eigenvalue weighted by atomic mass is 19.4. The topological polar surface area (TPSA) is 92.9 Å². The molecule has 0 saturated heterocycles. The normalized spacial score (nSPS) is 11.6. The lowest BCUT2D eigenvalue weighted by molar-refractivity contribution is -0.137. The number of carbonyl (C=O) groups excluding carboxylic acids is 1. The average molecular weight is 478 g/mol. The number of nitrogens with one attached hydrogen (secondary N) is 2. The van der Waals surface area contributed by atoms with Gasteiger partial charge in [0.25, 0.3) is 5.91 Å². The number of H-pyrrole nitrogens is 1. The molecule has 3 aromatic carbocycles. The molecule has 0 aliphatic rings. The van der Waals surface area contributed by atoms with Gasteiger partial charge in [0.15, 0.2) is 5.82 Å². The molecule has 0 atom stereocenters. The third kappa shape index (κ3) is 4.72. The van der Waals surface area contributed by atoms with Crippen molar-refractivity contribution in [2.45, 2.75) is 12.7 Å². The highest BCUT2D eigenvalue weighted by Crippen LogP contribution is 2.30. The number of benzene rings is 3. The van der Waals surface area contributed by atoms with Gasteiger partial charge in [0.1, 0.15) is 0 Å². The maximum atomic E-state index is 12.9. The third-order valence-electron chi connectivity index (χ3n) is 5.50. The molecule has 0 aliphatic carbocycles. The van der Waals surface area contributed by atoms with Gasteiger partial charge in [-0.2, -0.15) is 13.2 Å². The van der Waals surface area contributed by atoms with E-state index in [0.717, 1.165) is 34.2 Å². The van der Waals surface area contributed by atoms with Crippen molar-refractivity contribution < 1.29 is 22.5 Å². The summed E-state index contributed by atoms with van der Waals surface area (Å²) in [7, 11) is 0. The summed E-state index contributed by atoms with van der Waals surface area (Å²) in [5.41, 5.74) is 2.19. The second-order valence-electron chi connectivity index (χ2n) is 7.89. The molecule has 0 saturated carbocycles. The van der Waals surface area contributed by atoms with E-state index >= 15 is 0 Å². The Balaban J connectivity index is 1.29. The molecule has 0 radical (unpaired) electrons. The van der Waals surface area contributed by atoms with Gasteiger partial charge in [0, 0.05) is 40.5 Å². The molecule has 0 unspecified atom stereocenters. The number of anilines is 1. The number of rotatable bonds is 5. The van der Waals surface area contributed by atoms with E-state index in [2.05, 4.69) is 20.0 Å². The van der Waals surface area contributed by atoms with Crippen molar-refractivity contribution in [3.63, 3.8) is 0 Å². The van der Waals surface area contributed by atoms with Crippen LogP contribution in [-0.2, 0) is 12.7 Å². The first-order chi connectivity index (χ1) is 16.8. The van der Waals surface area contributed by atoms with Crippen LogP contribution in [0.5, 0.6) is 0 Å². The number of amides is 1. The van der Waals surface area contributed by atoms with Gasteiger partial charge in [-0.1, -0.05) is 23.4 Å². The van der Waals surface area contributed by atoms with E-state index in [4.69, 9.17) is 0 Å². The molecule has 5 aromatic rings. The maximum absolute atomic E-state index is 12.9. The summed E-state index contributed by atoms with van der Waals surface area (Å²) in [6, 6.07) is 18.9. The lowest BCUT2D eigenvalue weighted by Gasteiger charge is -2.10. The van der Waals surface area contributed by atoms with Crippen LogP contribution in [-0.4, -0.2) is 20.6 Å². The molecule has 176 valence electrons. The molecule has 2 aromatic heterocycles. The molecule has 0 bridgehead atoms. The van der Waals surface area contributed by atoms with Gasteiger partial charge in [0.2, 0.25) is 0 Å². The van der Waals surface area contributed by atoms with Crippen molar-refractivity contribution >= 4 is 22.5 Å². The van der Waals surface area contributed by atoms with Gasteiger partial charge in [-0.05, 0) is 60.2 Å². The van der Waals surface area contributed by atoms with Crippen LogP contribution in [0, 0.1) is 0 Å². The van der Waals surface area contributed by atoms with Crippen molar-refractivity contribution in [1.82, 2.24) is 14.7 Å². The van der Waals surface area contributed by atoms with E-state index in [0.29, 0.717) is 17.9 Å². The fourth-order valence-corrected chi connectivity index (χ4v) is 3.77. The number of aromatic amines is 1. The number of halogens is 3. The largest absolute Gasteiger partial charge is 0.439 e. The molecule has 5 rings (SSSR count). The molecular formula is C25H17F3N4O3. The number of fused-ring (bicyclic) bond motifs is 1. The molecular weight excluding hydrogens is 461 g/mol. The first-order valence-corrected chi connectivity index (χ1v) is 10.5. The zero-order valence-electron chi connectivity index (χ0n) is 18.0.